The SMILES string of the molecule is Cc1c(C(=O)NOC(C)(C)C)cnc2ncnn12. The van der Waals surface area contributed by atoms with Gasteiger partial charge >= 0.3 is 0 Å². The number of carbonyl (C=O) groups excluding carboxylic acids is 1. The number of fused-ring (bicyclic) bond motifs is 1. The number of nitrogens with one attached hydrogen (secondary N) is 1. The molecule has 2 heterocycles. The molecule has 18 heavy (non-hydrogen) atoms. The summed E-state index contributed by atoms with van der Waals surface area (Å²) in [5.74, 6) is 0.105. The van der Waals surface area contributed by atoms with Crippen molar-refractivity contribution in [2.24, 2.45) is 0 Å². The van der Waals surface area contributed by atoms with E-state index >= 15 is 0 Å². The molecule has 1 N–H and O–H groups in total. The van der Waals surface area contributed by atoms with E-state index in [1.165, 1.54) is 17.0 Å². The van der Waals surface area contributed by atoms with Gasteiger partial charge in [-0.25, -0.2) is 15.0 Å². The van der Waals surface area contributed by atoms with Crippen molar-refractivity contribution >= 4 is 11.7 Å². The Morgan fingerprint density at radius 1 is 1.39 bits per heavy atom. The first-order chi connectivity index (χ1) is 8.38. The Hall–Kier alpha value is -2.02. The van der Waals surface area contributed by atoms with Crippen molar-refractivity contribution in [1.82, 2.24) is 25.1 Å². The summed E-state index contributed by atoms with van der Waals surface area (Å²) < 4.78 is 1.51. The number of nitrogens with zero attached hydrogens (tertiary/aromatic N) is 4. The smallest absolute Gasteiger partial charge is 0.268 e. The molecule has 0 aliphatic rings. The van der Waals surface area contributed by atoms with Gasteiger partial charge in [0.15, 0.2) is 0 Å². The molecule has 2 aromatic rings. The molecule has 2 aromatic heterocycles. The number of hydroxylamine groups is 1. The fourth-order valence-corrected chi connectivity index (χ4v) is 1.37. The highest BCUT2D eigenvalue weighted by molar-refractivity contribution is 5.94. The largest absolute Gasteiger partial charge is 0.278 e. The van der Waals surface area contributed by atoms with Crippen LogP contribution in [0.2, 0.25) is 0 Å². The highest BCUT2D eigenvalue weighted by Crippen LogP contribution is 2.09. The van der Waals surface area contributed by atoms with Crippen molar-refractivity contribution in [2.75, 3.05) is 0 Å². The van der Waals surface area contributed by atoms with Crippen molar-refractivity contribution in [1.29, 1.82) is 0 Å². The lowest BCUT2D eigenvalue weighted by molar-refractivity contribution is -0.0590. The highest BCUT2D eigenvalue weighted by Gasteiger charge is 2.17. The van der Waals surface area contributed by atoms with E-state index in [0.717, 1.165) is 0 Å². The van der Waals surface area contributed by atoms with Crippen LogP contribution in [0.5, 0.6) is 0 Å². The van der Waals surface area contributed by atoms with Crippen LogP contribution in [-0.2, 0) is 4.84 Å². The van der Waals surface area contributed by atoms with Crippen LogP contribution in [0.3, 0.4) is 0 Å². The fraction of sp³-hybridized carbons (Fsp3) is 0.455. The maximum atomic E-state index is 11.9. The standard InChI is InChI=1S/C11H15N5O2/c1-7-8(9(17)15-18-11(2,3)4)5-12-10-13-6-14-16(7)10/h5-6H,1-4H3,(H,15,17). The van der Waals surface area contributed by atoms with E-state index < -0.39 is 5.60 Å². The van der Waals surface area contributed by atoms with Crippen LogP contribution in [-0.4, -0.2) is 31.1 Å². The Balaban J connectivity index is 2.25. The van der Waals surface area contributed by atoms with Gasteiger partial charge in [0.05, 0.1) is 16.9 Å². The topological polar surface area (TPSA) is 81.4 Å². The molecule has 0 saturated carbocycles. The Bertz CT molecular complexity index is 585. The zero-order chi connectivity index (χ0) is 13.3. The lowest BCUT2D eigenvalue weighted by Gasteiger charge is -2.19. The first-order valence-electron chi connectivity index (χ1n) is 5.52. The molecule has 0 aliphatic heterocycles. The molecule has 1 amide bonds. The van der Waals surface area contributed by atoms with E-state index in [2.05, 4.69) is 20.5 Å². The number of rotatable bonds is 2. The predicted octanol–water partition coefficient (Wildman–Crippen LogP) is 0.893. The first-order valence-corrected chi connectivity index (χ1v) is 5.52. The summed E-state index contributed by atoms with van der Waals surface area (Å²) in [6.45, 7) is 7.31. The third-order valence-corrected chi connectivity index (χ3v) is 2.24. The lowest BCUT2D eigenvalue weighted by atomic mass is 10.2. The predicted molar refractivity (Wildman–Crippen MR) is 63.8 cm³/mol. The van der Waals surface area contributed by atoms with Gasteiger partial charge in [-0.1, -0.05) is 0 Å². The van der Waals surface area contributed by atoms with Crippen LogP contribution in [0.4, 0.5) is 0 Å². The fourth-order valence-electron chi connectivity index (χ4n) is 1.37. The van der Waals surface area contributed by atoms with Crippen molar-refractivity contribution < 1.29 is 9.63 Å². The average molecular weight is 249 g/mol. The van der Waals surface area contributed by atoms with E-state index in [4.69, 9.17) is 4.84 Å². The summed E-state index contributed by atoms with van der Waals surface area (Å²) in [5, 5.41) is 3.99. The molecule has 0 unspecified atom stereocenters. The number of hydrogen-bond acceptors (Lipinski definition) is 5. The maximum absolute atomic E-state index is 11.9. The molecule has 0 aromatic carbocycles. The van der Waals surface area contributed by atoms with Gasteiger partial charge in [-0.2, -0.15) is 10.1 Å². The molecule has 0 atom stereocenters. The molecule has 0 spiro atoms. The van der Waals surface area contributed by atoms with Crippen molar-refractivity contribution in [3.05, 3.63) is 23.8 Å². The normalized spacial score (nSPS) is 11.8. The van der Waals surface area contributed by atoms with Gasteiger partial charge in [0.1, 0.15) is 6.33 Å². The number of carbonyl (C=O) groups is 1. The Morgan fingerprint density at radius 2 is 2.11 bits per heavy atom. The van der Waals surface area contributed by atoms with Gasteiger partial charge < -0.3 is 0 Å². The van der Waals surface area contributed by atoms with Crippen molar-refractivity contribution in [3.63, 3.8) is 0 Å². The van der Waals surface area contributed by atoms with Gasteiger partial charge in [0, 0.05) is 6.20 Å². The molecule has 0 bridgehead atoms. The molecule has 0 aliphatic carbocycles. The lowest BCUT2D eigenvalue weighted by Crippen LogP contribution is -2.34. The number of hydrogen-bond donors (Lipinski definition) is 1. The number of amides is 1. The zero-order valence-electron chi connectivity index (χ0n) is 10.8. The Labute approximate surface area is 104 Å². The van der Waals surface area contributed by atoms with Gasteiger partial charge in [0.2, 0.25) is 0 Å². The van der Waals surface area contributed by atoms with Crippen LogP contribution < -0.4 is 5.48 Å². The second kappa shape index (κ2) is 4.34. The van der Waals surface area contributed by atoms with Crippen molar-refractivity contribution in [3.8, 4) is 0 Å². The summed E-state index contributed by atoms with van der Waals surface area (Å²) in [4.78, 5) is 25.1. The van der Waals surface area contributed by atoms with Crippen LogP contribution in [0.1, 0.15) is 36.8 Å². The molecular weight excluding hydrogens is 234 g/mol. The van der Waals surface area contributed by atoms with Gasteiger partial charge in [-0.3, -0.25) is 9.63 Å². The van der Waals surface area contributed by atoms with E-state index in [0.29, 0.717) is 17.0 Å². The summed E-state index contributed by atoms with van der Waals surface area (Å²) in [6.07, 6.45) is 2.85. The van der Waals surface area contributed by atoms with Gasteiger partial charge in [-0.05, 0) is 27.7 Å². The second-order valence-electron chi connectivity index (χ2n) is 4.87. The summed E-state index contributed by atoms with van der Waals surface area (Å²) in [7, 11) is 0. The van der Waals surface area contributed by atoms with Crippen LogP contribution in [0.15, 0.2) is 12.5 Å². The summed E-state index contributed by atoms with van der Waals surface area (Å²) in [6, 6.07) is 0. The summed E-state index contributed by atoms with van der Waals surface area (Å²) in [5.41, 5.74) is 3.01. The molecule has 7 nitrogen and oxygen atoms in total. The second-order valence-corrected chi connectivity index (χ2v) is 4.87. The summed E-state index contributed by atoms with van der Waals surface area (Å²) >= 11 is 0. The molecule has 0 radical (unpaired) electrons. The van der Waals surface area contributed by atoms with E-state index in [1.807, 2.05) is 20.8 Å². The quantitative estimate of drug-likeness (QED) is 0.799. The molecule has 96 valence electrons. The molecular formula is C11H15N5O2. The Kier molecular flexibility index (Phi) is 3.00. The minimum absolute atomic E-state index is 0.354. The first kappa shape index (κ1) is 12.4. The van der Waals surface area contributed by atoms with Gasteiger partial charge in [0.25, 0.3) is 11.7 Å². The van der Waals surface area contributed by atoms with E-state index in [9.17, 15) is 4.79 Å². The molecule has 0 fully saturated rings. The minimum Gasteiger partial charge on any atom is -0.268 e. The number of aromatic nitrogens is 4. The number of aryl methyl sites for hydroxylation is 1. The Morgan fingerprint density at radius 3 is 2.78 bits per heavy atom. The zero-order valence-corrected chi connectivity index (χ0v) is 10.8. The van der Waals surface area contributed by atoms with E-state index in [-0.39, 0.29) is 5.91 Å². The van der Waals surface area contributed by atoms with Crippen LogP contribution >= 0.6 is 0 Å². The third kappa shape index (κ3) is 2.45. The van der Waals surface area contributed by atoms with Crippen molar-refractivity contribution in [2.45, 2.75) is 33.3 Å². The van der Waals surface area contributed by atoms with Crippen LogP contribution in [0.25, 0.3) is 5.78 Å². The monoisotopic (exact) mass is 249 g/mol. The van der Waals surface area contributed by atoms with Crippen LogP contribution in [0, 0.1) is 6.92 Å². The van der Waals surface area contributed by atoms with E-state index in [1.54, 1.807) is 6.92 Å². The average Bonchev–Trinajstić information content (AvgIpc) is 2.74. The maximum Gasteiger partial charge on any atom is 0.278 e. The molecule has 0 saturated heterocycles. The minimum atomic E-state index is -0.450. The molecule has 2 rings (SSSR count). The molecule has 7 heteroatoms. The highest BCUT2D eigenvalue weighted by atomic mass is 16.7. The van der Waals surface area contributed by atoms with Gasteiger partial charge in [-0.15, -0.1) is 0 Å². The third-order valence-electron chi connectivity index (χ3n) is 2.24.